The van der Waals surface area contributed by atoms with Crippen molar-refractivity contribution in [3.63, 3.8) is 0 Å². The van der Waals surface area contributed by atoms with Crippen molar-refractivity contribution in [2.24, 2.45) is 5.92 Å². The Morgan fingerprint density at radius 3 is 2.25 bits per heavy atom. The Labute approximate surface area is 344 Å². The maximum Gasteiger partial charge on any atom is 0.410 e. The van der Waals surface area contributed by atoms with E-state index in [1.54, 1.807) is 6.92 Å². The van der Waals surface area contributed by atoms with Crippen molar-refractivity contribution in [2.45, 2.75) is 78.6 Å². The summed E-state index contributed by atoms with van der Waals surface area (Å²) < 4.78 is 35.7. The Morgan fingerprint density at radius 1 is 0.898 bits per heavy atom. The van der Waals surface area contributed by atoms with Gasteiger partial charge in [-0.1, -0.05) is 30.3 Å². The van der Waals surface area contributed by atoms with Crippen LogP contribution in [0.4, 0.5) is 19.3 Å². The number of nitrogens with one attached hydrogen (secondary N) is 2. The van der Waals surface area contributed by atoms with Gasteiger partial charge in [0, 0.05) is 68.1 Å². The number of halogens is 2. The van der Waals surface area contributed by atoms with E-state index in [2.05, 4.69) is 54.3 Å². The zero-order chi connectivity index (χ0) is 42.1. The van der Waals surface area contributed by atoms with Gasteiger partial charge in [-0.25, -0.2) is 23.5 Å². The van der Waals surface area contributed by atoms with Crippen molar-refractivity contribution in [1.82, 2.24) is 29.7 Å². The van der Waals surface area contributed by atoms with Gasteiger partial charge in [-0.2, -0.15) is 0 Å². The number of piperazine rings is 1. The highest BCUT2D eigenvalue weighted by molar-refractivity contribution is 6.06. The molecule has 4 heterocycles. The average Bonchev–Trinajstić information content (AvgIpc) is 3.63. The number of rotatable bonds is 10. The molecule has 0 spiro atoms. The fourth-order valence-corrected chi connectivity index (χ4v) is 7.95. The number of carbonyl (C=O) groups excluding carboxylic acids is 2. The van der Waals surface area contributed by atoms with Gasteiger partial charge >= 0.3 is 6.09 Å². The summed E-state index contributed by atoms with van der Waals surface area (Å²) in [5.41, 5.74) is 3.68. The van der Waals surface area contributed by atoms with Gasteiger partial charge in [0.25, 0.3) is 5.91 Å². The molecule has 59 heavy (non-hydrogen) atoms. The summed E-state index contributed by atoms with van der Waals surface area (Å²) in [5, 5.41) is 13.6. The number of hydrogen-bond donors (Lipinski definition) is 3. The normalized spacial score (nSPS) is 16.1. The van der Waals surface area contributed by atoms with Crippen molar-refractivity contribution in [3.8, 4) is 22.5 Å². The summed E-state index contributed by atoms with van der Waals surface area (Å²) in [5.74, 6) is -1.48. The van der Waals surface area contributed by atoms with E-state index in [0.29, 0.717) is 39.3 Å². The van der Waals surface area contributed by atoms with E-state index >= 15 is 4.39 Å². The number of likely N-dealkylation sites (tertiary alicyclic amines) is 1. The highest BCUT2D eigenvalue weighted by Gasteiger charge is 2.28. The van der Waals surface area contributed by atoms with Gasteiger partial charge in [0.15, 0.2) is 0 Å². The molecular weight excluding hydrogens is 753 g/mol. The van der Waals surface area contributed by atoms with Gasteiger partial charge in [-0.05, 0) is 126 Å². The van der Waals surface area contributed by atoms with E-state index < -0.39 is 28.7 Å². The van der Waals surface area contributed by atoms with Gasteiger partial charge in [-0.15, -0.1) is 0 Å². The summed E-state index contributed by atoms with van der Waals surface area (Å²) in [4.78, 5) is 44.9. The van der Waals surface area contributed by atoms with Gasteiger partial charge in [0.2, 0.25) is 0 Å². The molecule has 2 fully saturated rings. The largest absolute Gasteiger partial charge is 0.444 e. The van der Waals surface area contributed by atoms with Crippen LogP contribution in [-0.4, -0.2) is 98.2 Å². The Bertz CT molecular complexity index is 2300. The lowest BCUT2D eigenvalue weighted by atomic mass is 9.93. The lowest BCUT2D eigenvalue weighted by Gasteiger charge is -2.37. The molecule has 0 bridgehead atoms. The molecule has 2 aliphatic heterocycles. The number of anilines is 1. The summed E-state index contributed by atoms with van der Waals surface area (Å²) in [6, 6.07) is 16.9. The molecule has 0 unspecified atom stereocenters. The van der Waals surface area contributed by atoms with Crippen LogP contribution in [0.2, 0.25) is 0 Å². The van der Waals surface area contributed by atoms with E-state index in [1.807, 2.05) is 31.7 Å². The molecule has 2 saturated heterocycles. The quantitative estimate of drug-likeness (QED) is 0.128. The van der Waals surface area contributed by atoms with Gasteiger partial charge < -0.3 is 29.9 Å². The minimum Gasteiger partial charge on any atom is -0.444 e. The number of H-pyrrole nitrogens is 1. The molecule has 11 nitrogen and oxygen atoms in total. The zero-order valence-electron chi connectivity index (χ0n) is 34.9. The second-order valence-corrected chi connectivity index (χ2v) is 17.5. The number of benzene rings is 3. The maximum absolute atomic E-state index is 15.2. The fraction of sp³-hybridized carbons (Fsp3) is 0.435. The summed E-state index contributed by atoms with van der Waals surface area (Å²) in [6.07, 6.45) is 4.44. The monoisotopic (exact) mass is 807 g/mol. The number of piperidine rings is 1. The van der Waals surface area contributed by atoms with E-state index in [4.69, 9.17) is 4.74 Å². The number of nitrogens with zero attached hydrogens (tertiary/aromatic N) is 5. The van der Waals surface area contributed by atoms with E-state index in [1.165, 1.54) is 50.0 Å². The number of hydrogen-bond acceptors (Lipinski definition) is 8. The first-order valence-electron chi connectivity index (χ1n) is 20.5. The van der Waals surface area contributed by atoms with Crippen molar-refractivity contribution in [3.05, 3.63) is 101 Å². The van der Waals surface area contributed by atoms with Gasteiger partial charge in [-0.3, -0.25) is 9.69 Å². The SMILES string of the molecule is Cc1c(NC(=O)c2ccc(C(C)(C)O)cc2F)cc(F)cc1-c1ncnc2[nH]c(-c3ccc(CN4CCN(CCC5CCN(C(=O)OC(C)(C)C)CC5)CC4)cc3)cc12. The van der Waals surface area contributed by atoms with Crippen LogP contribution < -0.4 is 5.32 Å². The van der Waals surface area contributed by atoms with Crippen LogP contribution in [0.1, 0.15) is 80.9 Å². The van der Waals surface area contributed by atoms with Crippen LogP contribution in [0.25, 0.3) is 33.5 Å². The maximum atomic E-state index is 15.2. The lowest BCUT2D eigenvalue weighted by molar-refractivity contribution is 0.0175. The van der Waals surface area contributed by atoms with Gasteiger partial charge in [0.1, 0.15) is 29.2 Å². The summed E-state index contributed by atoms with van der Waals surface area (Å²) in [6.45, 7) is 18.2. The van der Waals surface area contributed by atoms with Crippen LogP contribution in [0.5, 0.6) is 0 Å². The first-order valence-corrected chi connectivity index (χ1v) is 20.5. The first-order chi connectivity index (χ1) is 28.0. The number of aromatic nitrogens is 3. The Balaban J connectivity index is 0.948. The number of aliphatic hydroxyl groups is 1. The number of amides is 2. The molecule has 0 radical (unpaired) electrons. The van der Waals surface area contributed by atoms with Crippen molar-refractivity contribution in [1.29, 1.82) is 0 Å². The third-order valence-corrected chi connectivity index (χ3v) is 11.5. The molecular formula is C46H55F2N7O4. The summed E-state index contributed by atoms with van der Waals surface area (Å²) >= 11 is 0. The van der Waals surface area contributed by atoms with Crippen molar-refractivity contribution < 1.29 is 28.2 Å². The molecule has 13 heteroatoms. The second kappa shape index (κ2) is 17.2. The molecule has 2 amide bonds. The molecule has 0 saturated carbocycles. The number of carbonyl (C=O) groups is 2. The molecule has 3 N–H and O–H groups in total. The minimum absolute atomic E-state index is 0.185. The minimum atomic E-state index is -1.28. The van der Waals surface area contributed by atoms with Gasteiger partial charge in [0.05, 0.1) is 16.9 Å². The molecule has 7 rings (SSSR count). The molecule has 0 aliphatic carbocycles. The fourth-order valence-electron chi connectivity index (χ4n) is 7.95. The molecule has 2 aliphatic rings. The van der Waals surface area contributed by atoms with Crippen molar-refractivity contribution >= 4 is 28.7 Å². The molecule has 5 aromatic rings. The van der Waals surface area contributed by atoms with Crippen LogP contribution in [0.15, 0.2) is 67.0 Å². The number of ether oxygens (including phenoxy) is 1. The molecule has 0 atom stereocenters. The van der Waals surface area contributed by atoms with Crippen molar-refractivity contribution in [2.75, 3.05) is 51.1 Å². The van der Waals surface area contributed by atoms with E-state index in [9.17, 15) is 19.1 Å². The molecule has 3 aromatic carbocycles. The van der Waals surface area contributed by atoms with E-state index in [-0.39, 0.29) is 17.3 Å². The Hall–Kier alpha value is -5.24. The predicted molar refractivity (Wildman–Crippen MR) is 226 cm³/mol. The van der Waals surface area contributed by atoms with E-state index in [0.717, 1.165) is 88.9 Å². The average molecular weight is 808 g/mol. The first kappa shape index (κ1) is 41.9. The summed E-state index contributed by atoms with van der Waals surface area (Å²) in [7, 11) is 0. The number of aromatic amines is 1. The molecule has 312 valence electrons. The lowest BCUT2D eigenvalue weighted by Crippen LogP contribution is -2.46. The predicted octanol–water partition coefficient (Wildman–Crippen LogP) is 8.51. The second-order valence-electron chi connectivity index (χ2n) is 17.5. The topological polar surface area (TPSA) is 127 Å². The molecule has 2 aromatic heterocycles. The number of fused-ring (bicyclic) bond motifs is 1. The Morgan fingerprint density at radius 2 is 1.59 bits per heavy atom. The van der Waals surface area contributed by atoms with Crippen LogP contribution >= 0.6 is 0 Å². The third kappa shape index (κ3) is 10.1. The van der Waals surface area contributed by atoms with Crippen LogP contribution in [0, 0.1) is 24.5 Å². The standard InChI is InChI=1S/C46H55F2N7O4/c1-29-36(24-34(47)25-39(29)52-43(56)35-12-11-33(23-38(35)48)46(5,6)58)41-37-26-40(51-42(37)50-28-49-41)32-9-7-31(8-10-32)27-54-21-19-53(20-22-54)16-13-30-14-17-55(18-15-30)44(57)59-45(2,3)4/h7-12,23-26,28,30,58H,13-22,27H2,1-6H3,(H,52,56)(H,49,50,51). The highest BCUT2D eigenvalue weighted by Crippen LogP contribution is 2.35. The highest BCUT2D eigenvalue weighted by atomic mass is 19.1. The third-order valence-electron chi connectivity index (χ3n) is 11.5. The zero-order valence-corrected chi connectivity index (χ0v) is 34.9. The van der Waals surface area contributed by atoms with Crippen LogP contribution in [-0.2, 0) is 16.9 Å². The Kier molecular flexibility index (Phi) is 12.2. The smallest absolute Gasteiger partial charge is 0.410 e. The van der Waals surface area contributed by atoms with Crippen LogP contribution in [0.3, 0.4) is 0 Å².